The zero-order valence-electron chi connectivity index (χ0n) is 15.4. The molecule has 0 aliphatic carbocycles. The molecular formula is C19H20N4O4S. The molecule has 3 aromatic rings. The summed E-state index contributed by atoms with van der Waals surface area (Å²) in [7, 11) is 1.60. The summed E-state index contributed by atoms with van der Waals surface area (Å²) in [6.45, 7) is 2.33. The number of nitrogens with one attached hydrogen (secondary N) is 1. The molecule has 0 saturated heterocycles. The molecule has 0 saturated carbocycles. The lowest BCUT2D eigenvalue weighted by Crippen LogP contribution is -2.03. The minimum Gasteiger partial charge on any atom is -0.399 e. The molecular weight excluding hydrogens is 380 g/mol. The highest BCUT2D eigenvalue weighted by Gasteiger charge is 2.06. The number of nitrogens with two attached hydrogens (primary N) is 1. The van der Waals surface area contributed by atoms with Crippen LogP contribution < -0.4 is 11.1 Å². The van der Waals surface area contributed by atoms with E-state index in [1.165, 1.54) is 0 Å². The average Bonchev–Trinajstić information content (AvgIpc) is 2.70. The lowest BCUT2D eigenvalue weighted by Gasteiger charge is -2.09. The van der Waals surface area contributed by atoms with Crippen LogP contribution in [0, 0.1) is 6.92 Å². The second-order valence-electron chi connectivity index (χ2n) is 5.96. The number of aryl methyl sites for hydroxylation is 1. The molecule has 8 nitrogen and oxygen atoms in total. The fraction of sp³-hybridized carbons (Fsp3) is 0.158. The average molecular weight is 400 g/mol. The summed E-state index contributed by atoms with van der Waals surface area (Å²) >= 11 is 0.929. The summed E-state index contributed by atoms with van der Waals surface area (Å²) in [6.07, 6.45) is 0. The van der Waals surface area contributed by atoms with E-state index in [1.807, 2.05) is 37.3 Å². The Morgan fingerprint density at radius 2 is 1.96 bits per heavy atom. The number of nitrogen functional groups attached to an aromatic ring is 1. The molecule has 0 aliphatic rings. The number of hydrogen-bond donors (Lipinski definition) is 3. The fourth-order valence-electron chi connectivity index (χ4n) is 2.71. The van der Waals surface area contributed by atoms with Crippen LogP contribution >= 0.6 is 12.0 Å². The molecule has 0 heterocycles. The molecule has 0 spiro atoms. The Kier molecular flexibility index (Phi) is 6.80. The van der Waals surface area contributed by atoms with Gasteiger partial charge in [-0.05, 0) is 65.7 Å². The first-order valence-corrected chi connectivity index (χ1v) is 9.08. The van der Waals surface area contributed by atoms with E-state index in [4.69, 9.17) is 15.7 Å². The third-order valence-corrected chi connectivity index (χ3v) is 4.54. The van der Waals surface area contributed by atoms with Crippen LogP contribution in [-0.4, -0.2) is 19.1 Å². The number of nitrogens with zero attached hydrogens (tertiary/aromatic N) is 2. The SMILES string of the molecule is COCNc1cc(N)ccc1N=Nc1ccc2cc(SOOO)cc(C)c2c1. The molecule has 4 N–H and O–H groups in total. The lowest BCUT2D eigenvalue weighted by molar-refractivity contribution is -0.432. The Balaban J connectivity index is 1.87. The van der Waals surface area contributed by atoms with Crippen LogP contribution in [0.2, 0.25) is 0 Å². The van der Waals surface area contributed by atoms with E-state index in [1.54, 1.807) is 25.3 Å². The van der Waals surface area contributed by atoms with Gasteiger partial charge in [0.25, 0.3) is 0 Å². The summed E-state index contributed by atoms with van der Waals surface area (Å²) < 4.78 is 9.54. The summed E-state index contributed by atoms with van der Waals surface area (Å²) in [5.41, 5.74) is 9.64. The van der Waals surface area contributed by atoms with E-state index >= 15 is 0 Å². The summed E-state index contributed by atoms with van der Waals surface area (Å²) in [5.74, 6) is 0. The molecule has 0 atom stereocenters. The van der Waals surface area contributed by atoms with Gasteiger partial charge in [0, 0.05) is 17.7 Å². The highest BCUT2D eigenvalue weighted by Crippen LogP contribution is 2.32. The van der Waals surface area contributed by atoms with E-state index in [9.17, 15) is 0 Å². The minimum absolute atomic E-state index is 0.340. The largest absolute Gasteiger partial charge is 0.399 e. The van der Waals surface area contributed by atoms with Gasteiger partial charge in [-0.1, -0.05) is 11.1 Å². The first-order valence-electron chi connectivity index (χ1n) is 8.34. The maximum atomic E-state index is 8.30. The van der Waals surface area contributed by atoms with Crippen molar-refractivity contribution in [1.82, 2.24) is 0 Å². The summed E-state index contributed by atoms with van der Waals surface area (Å²) in [6, 6.07) is 15.0. The monoisotopic (exact) mass is 400 g/mol. The maximum absolute atomic E-state index is 8.30. The molecule has 0 radical (unpaired) electrons. The second-order valence-corrected chi connectivity index (χ2v) is 6.73. The van der Waals surface area contributed by atoms with Gasteiger partial charge in [-0.15, -0.1) is 9.45 Å². The van der Waals surface area contributed by atoms with Crippen molar-refractivity contribution in [2.24, 2.45) is 10.2 Å². The predicted octanol–water partition coefficient (Wildman–Crippen LogP) is 5.59. The molecule has 0 bridgehead atoms. The van der Waals surface area contributed by atoms with E-state index < -0.39 is 0 Å². The molecule has 0 aliphatic heterocycles. The highest BCUT2D eigenvalue weighted by molar-refractivity contribution is 7.94. The van der Waals surface area contributed by atoms with Gasteiger partial charge in [0.15, 0.2) is 0 Å². The van der Waals surface area contributed by atoms with Crippen LogP contribution in [-0.2, 0) is 14.1 Å². The summed E-state index contributed by atoms with van der Waals surface area (Å²) in [4.78, 5) is 0.809. The number of fused-ring (bicyclic) bond motifs is 1. The van der Waals surface area contributed by atoms with Gasteiger partial charge < -0.3 is 15.8 Å². The Bertz CT molecular complexity index is 997. The van der Waals surface area contributed by atoms with Crippen molar-refractivity contribution in [3.8, 4) is 0 Å². The van der Waals surface area contributed by atoms with Crippen molar-refractivity contribution in [1.29, 1.82) is 0 Å². The smallest absolute Gasteiger partial charge is 0.116 e. The number of azo groups is 1. The van der Waals surface area contributed by atoms with E-state index in [0.29, 0.717) is 18.1 Å². The number of ether oxygens (including phenoxy) is 1. The molecule has 28 heavy (non-hydrogen) atoms. The first-order chi connectivity index (χ1) is 13.6. The molecule has 0 unspecified atom stereocenters. The Morgan fingerprint density at radius 3 is 2.75 bits per heavy atom. The van der Waals surface area contributed by atoms with Crippen LogP contribution in [0.4, 0.5) is 22.7 Å². The van der Waals surface area contributed by atoms with Crippen molar-refractivity contribution in [2.45, 2.75) is 11.8 Å². The quantitative estimate of drug-likeness (QED) is 0.113. The predicted molar refractivity (Wildman–Crippen MR) is 110 cm³/mol. The Labute approximate surface area is 166 Å². The minimum atomic E-state index is 0.340. The molecule has 9 heteroatoms. The number of rotatable bonds is 8. The molecule has 0 aromatic heterocycles. The van der Waals surface area contributed by atoms with Gasteiger partial charge in [-0.3, -0.25) is 0 Å². The van der Waals surface area contributed by atoms with Crippen molar-refractivity contribution in [2.75, 3.05) is 24.9 Å². The highest BCUT2D eigenvalue weighted by atomic mass is 32.2. The molecule has 0 amide bonds. The normalized spacial score (nSPS) is 11.4. The van der Waals surface area contributed by atoms with E-state index in [-0.39, 0.29) is 0 Å². The summed E-state index contributed by atoms with van der Waals surface area (Å²) in [5, 5.41) is 25.8. The van der Waals surface area contributed by atoms with Crippen molar-refractivity contribution in [3.63, 3.8) is 0 Å². The van der Waals surface area contributed by atoms with Crippen molar-refractivity contribution < 1.29 is 19.4 Å². The Hall–Kier alpha value is -2.69. The fourth-order valence-corrected chi connectivity index (χ4v) is 3.22. The number of anilines is 2. The molecule has 3 rings (SSSR count). The zero-order valence-corrected chi connectivity index (χ0v) is 16.2. The molecule has 3 aromatic carbocycles. The second kappa shape index (κ2) is 9.49. The number of benzene rings is 3. The van der Waals surface area contributed by atoms with Gasteiger partial charge in [0.05, 0.1) is 23.4 Å². The third-order valence-electron chi connectivity index (χ3n) is 3.98. The van der Waals surface area contributed by atoms with E-state index in [0.717, 1.165) is 44.6 Å². The Morgan fingerprint density at radius 1 is 1.11 bits per heavy atom. The van der Waals surface area contributed by atoms with Crippen LogP contribution in [0.3, 0.4) is 0 Å². The zero-order chi connectivity index (χ0) is 19.9. The number of hydrogen-bond acceptors (Lipinski definition) is 9. The van der Waals surface area contributed by atoms with Crippen LogP contribution in [0.5, 0.6) is 0 Å². The van der Waals surface area contributed by atoms with Crippen LogP contribution in [0.1, 0.15) is 5.56 Å². The molecule has 146 valence electrons. The maximum Gasteiger partial charge on any atom is 0.116 e. The van der Waals surface area contributed by atoms with Crippen LogP contribution in [0.25, 0.3) is 10.8 Å². The first kappa shape index (κ1) is 20.1. The van der Waals surface area contributed by atoms with Gasteiger partial charge in [-0.2, -0.15) is 5.11 Å². The van der Waals surface area contributed by atoms with Crippen molar-refractivity contribution >= 4 is 45.6 Å². The van der Waals surface area contributed by atoms with Gasteiger partial charge in [-0.25, -0.2) is 5.26 Å². The third kappa shape index (κ3) is 4.97. The topological polar surface area (TPSA) is 111 Å². The van der Waals surface area contributed by atoms with E-state index in [2.05, 4.69) is 24.9 Å². The number of methoxy groups -OCH3 is 1. The van der Waals surface area contributed by atoms with Gasteiger partial charge in [0.1, 0.15) is 12.4 Å². The standard InChI is InChI=1S/C19H20N4O4S/c1-12-7-16(28-27-26-24)8-13-3-5-15(10-17(12)13)22-23-18-6-4-14(20)9-19(18)21-11-25-2/h3-10,21,24H,11,20H2,1-2H3. The van der Waals surface area contributed by atoms with Crippen LogP contribution in [0.15, 0.2) is 63.7 Å². The lowest BCUT2D eigenvalue weighted by atomic mass is 10.1. The van der Waals surface area contributed by atoms with Gasteiger partial charge in [0.2, 0.25) is 0 Å². The van der Waals surface area contributed by atoms with Gasteiger partial charge >= 0.3 is 0 Å². The van der Waals surface area contributed by atoms with Crippen molar-refractivity contribution in [3.05, 3.63) is 54.1 Å². The molecule has 0 fully saturated rings.